The molecule has 2 aromatic carbocycles. The first-order valence-corrected chi connectivity index (χ1v) is 6.84. The van der Waals surface area contributed by atoms with Crippen molar-refractivity contribution in [3.63, 3.8) is 0 Å². The molecule has 3 rings (SSSR count). The van der Waals surface area contributed by atoms with E-state index in [2.05, 4.69) is 0 Å². The van der Waals surface area contributed by atoms with Crippen LogP contribution >= 0.6 is 0 Å². The predicted octanol–water partition coefficient (Wildman–Crippen LogP) is 2.69. The molecule has 0 saturated heterocycles. The van der Waals surface area contributed by atoms with E-state index in [1.165, 1.54) is 14.2 Å². The molecule has 0 amide bonds. The maximum atomic E-state index is 12.3. The zero-order valence-electron chi connectivity index (χ0n) is 12.6. The Kier molecular flexibility index (Phi) is 3.89. The molecule has 1 heterocycles. The number of carbonyl (C=O) groups excluding carboxylic acids is 2. The van der Waals surface area contributed by atoms with Crippen LogP contribution in [0.4, 0.5) is 0 Å². The summed E-state index contributed by atoms with van der Waals surface area (Å²) in [6.07, 6.45) is 0.730. The quantitative estimate of drug-likeness (QED) is 0.638. The monoisotopic (exact) mass is 314 g/mol. The SMILES string of the molecule is COC(=O)c1c(-c2ccccc2C=O)cc(OC)c2c1OCO2. The number of hydrogen-bond acceptors (Lipinski definition) is 6. The van der Waals surface area contributed by atoms with Crippen molar-refractivity contribution in [1.82, 2.24) is 0 Å². The van der Waals surface area contributed by atoms with E-state index in [0.29, 0.717) is 28.2 Å². The lowest BCUT2D eigenvalue weighted by Crippen LogP contribution is -2.07. The maximum absolute atomic E-state index is 12.3. The van der Waals surface area contributed by atoms with E-state index in [1.54, 1.807) is 30.3 Å². The van der Waals surface area contributed by atoms with Gasteiger partial charge in [-0.05, 0) is 11.6 Å². The zero-order valence-corrected chi connectivity index (χ0v) is 12.6. The molecule has 0 N–H and O–H groups in total. The van der Waals surface area contributed by atoms with Gasteiger partial charge in [0.15, 0.2) is 17.8 Å². The lowest BCUT2D eigenvalue weighted by molar-refractivity contribution is 0.0596. The molecule has 118 valence electrons. The Morgan fingerprint density at radius 3 is 2.57 bits per heavy atom. The molecule has 1 aliphatic heterocycles. The predicted molar refractivity (Wildman–Crippen MR) is 81.3 cm³/mol. The number of rotatable bonds is 4. The van der Waals surface area contributed by atoms with Gasteiger partial charge < -0.3 is 18.9 Å². The molecule has 6 heteroatoms. The summed E-state index contributed by atoms with van der Waals surface area (Å²) in [6.45, 7) is -0.0194. The third-order valence-corrected chi connectivity index (χ3v) is 3.60. The standard InChI is InChI=1S/C17H14O6/c1-20-13-7-12(11-6-4-3-5-10(11)8-18)14(17(19)21-2)16-15(13)22-9-23-16/h3-8H,9H2,1-2H3. The van der Waals surface area contributed by atoms with Gasteiger partial charge in [0.2, 0.25) is 12.5 Å². The minimum Gasteiger partial charge on any atom is -0.493 e. The number of methoxy groups -OCH3 is 2. The van der Waals surface area contributed by atoms with E-state index in [4.69, 9.17) is 18.9 Å². The van der Waals surface area contributed by atoms with Crippen LogP contribution in [0, 0.1) is 0 Å². The first kappa shape index (κ1) is 14.9. The van der Waals surface area contributed by atoms with Crippen molar-refractivity contribution < 1.29 is 28.5 Å². The van der Waals surface area contributed by atoms with Crippen molar-refractivity contribution in [1.29, 1.82) is 0 Å². The lowest BCUT2D eigenvalue weighted by atomic mass is 9.94. The highest BCUT2D eigenvalue weighted by molar-refractivity contribution is 6.04. The van der Waals surface area contributed by atoms with Crippen molar-refractivity contribution in [3.05, 3.63) is 41.5 Å². The molecule has 0 aromatic heterocycles. The van der Waals surface area contributed by atoms with Crippen molar-refractivity contribution >= 4 is 12.3 Å². The molecule has 0 bridgehead atoms. The third-order valence-electron chi connectivity index (χ3n) is 3.60. The smallest absolute Gasteiger partial charge is 0.342 e. The summed E-state index contributed by atoms with van der Waals surface area (Å²) in [7, 11) is 2.77. The van der Waals surface area contributed by atoms with Gasteiger partial charge in [0.25, 0.3) is 0 Å². The van der Waals surface area contributed by atoms with Gasteiger partial charge in [-0.3, -0.25) is 4.79 Å². The van der Waals surface area contributed by atoms with Crippen LogP contribution in [-0.2, 0) is 4.74 Å². The summed E-state index contributed by atoms with van der Waals surface area (Å²) >= 11 is 0. The fraction of sp³-hybridized carbons (Fsp3) is 0.176. The van der Waals surface area contributed by atoms with E-state index < -0.39 is 5.97 Å². The van der Waals surface area contributed by atoms with Gasteiger partial charge in [0, 0.05) is 11.1 Å². The Labute approximate surface area is 132 Å². The third kappa shape index (κ3) is 2.38. The van der Waals surface area contributed by atoms with Crippen LogP contribution in [0.15, 0.2) is 30.3 Å². The average molecular weight is 314 g/mol. The Balaban J connectivity index is 2.35. The molecule has 0 saturated carbocycles. The maximum Gasteiger partial charge on any atom is 0.342 e. The minimum absolute atomic E-state index is 0.0194. The molecule has 0 radical (unpaired) electrons. The van der Waals surface area contributed by atoms with E-state index in [-0.39, 0.29) is 18.1 Å². The van der Waals surface area contributed by atoms with Crippen LogP contribution in [0.25, 0.3) is 11.1 Å². The Bertz CT molecular complexity index is 781. The van der Waals surface area contributed by atoms with Crippen molar-refractivity contribution in [2.24, 2.45) is 0 Å². The van der Waals surface area contributed by atoms with Crippen molar-refractivity contribution in [2.45, 2.75) is 0 Å². The Morgan fingerprint density at radius 2 is 1.87 bits per heavy atom. The van der Waals surface area contributed by atoms with Gasteiger partial charge >= 0.3 is 5.97 Å². The highest BCUT2D eigenvalue weighted by Gasteiger charge is 2.31. The number of esters is 1. The molecule has 0 spiro atoms. The molecule has 0 atom stereocenters. The molecule has 0 unspecified atom stereocenters. The summed E-state index contributed by atoms with van der Waals surface area (Å²) < 4.78 is 21.0. The normalized spacial score (nSPS) is 11.9. The summed E-state index contributed by atoms with van der Waals surface area (Å²) in [5.41, 5.74) is 1.72. The first-order valence-electron chi connectivity index (χ1n) is 6.84. The van der Waals surface area contributed by atoms with Crippen molar-refractivity contribution in [2.75, 3.05) is 21.0 Å². The highest BCUT2D eigenvalue weighted by atomic mass is 16.7. The lowest BCUT2D eigenvalue weighted by Gasteiger charge is -2.15. The molecular formula is C17H14O6. The van der Waals surface area contributed by atoms with E-state index >= 15 is 0 Å². The van der Waals surface area contributed by atoms with Crippen LogP contribution < -0.4 is 14.2 Å². The summed E-state index contributed by atoms with van der Waals surface area (Å²) in [4.78, 5) is 23.6. The second-order valence-electron chi connectivity index (χ2n) is 4.76. The summed E-state index contributed by atoms with van der Waals surface area (Å²) in [5.74, 6) is 0.443. The highest BCUT2D eigenvalue weighted by Crippen LogP contribution is 2.48. The minimum atomic E-state index is -0.579. The van der Waals surface area contributed by atoms with Crippen LogP contribution in [0.1, 0.15) is 20.7 Å². The molecule has 23 heavy (non-hydrogen) atoms. The number of carbonyl (C=O) groups is 2. The van der Waals surface area contributed by atoms with Crippen LogP contribution in [-0.4, -0.2) is 33.3 Å². The topological polar surface area (TPSA) is 71.1 Å². The Morgan fingerprint density at radius 1 is 1.13 bits per heavy atom. The van der Waals surface area contributed by atoms with E-state index in [0.717, 1.165) is 6.29 Å². The molecule has 0 aliphatic carbocycles. The average Bonchev–Trinajstić information content (AvgIpc) is 3.09. The first-order chi connectivity index (χ1) is 11.2. The van der Waals surface area contributed by atoms with Crippen LogP contribution in [0.5, 0.6) is 17.2 Å². The van der Waals surface area contributed by atoms with E-state index in [9.17, 15) is 9.59 Å². The number of benzene rings is 2. The van der Waals surface area contributed by atoms with Crippen LogP contribution in [0.2, 0.25) is 0 Å². The molecule has 6 nitrogen and oxygen atoms in total. The number of hydrogen-bond donors (Lipinski definition) is 0. The zero-order chi connectivity index (χ0) is 16.4. The number of ether oxygens (including phenoxy) is 4. The van der Waals surface area contributed by atoms with Gasteiger partial charge in [0.05, 0.1) is 14.2 Å². The Hall–Kier alpha value is -3.02. The summed E-state index contributed by atoms with van der Waals surface area (Å²) in [6, 6.07) is 8.57. The summed E-state index contributed by atoms with van der Waals surface area (Å²) in [5, 5.41) is 0. The van der Waals surface area contributed by atoms with Gasteiger partial charge in [-0.25, -0.2) is 4.79 Å². The molecule has 0 fully saturated rings. The largest absolute Gasteiger partial charge is 0.493 e. The molecule has 2 aromatic rings. The number of aldehydes is 1. The number of fused-ring (bicyclic) bond motifs is 1. The second-order valence-corrected chi connectivity index (χ2v) is 4.76. The molecule has 1 aliphatic rings. The van der Waals surface area contributed by atoms with Gasteiger partial charge in [0.1, 0.15) is 5.56 Å². The van der Waals surface area contributed by atoms with Crippen molar-refractivity contribution in [3.8, 4) is 28.4 Å². The second kappa shape index (κ2) is 6.00. The fourth-order valence-electron chi connectivity index (χ4n) is 2.55. The fourth-order valence-corrected chi connectivity index (χ4v) is 2.55. The van der Waals surface area contributed by atoms with E-state index in [1.807, 2.05) is 0 Å². The van der Waals surface area contributed by atoms with Gasteiger partial charge in [-0.1, -0.05) is 24.3 Å². The van der Waals surface area contributed by atoms with Gasteiger partial charge in [-0.15, -0.1) is 0 Å². The van der Waals surface area contributed by atoms with Crippen LogP contribution in [0.3, 0.4) is 0 Å². The van der Waals surface area contributed by atoms with Gasteiger partial charge in [-0.2, -0.15) is 0 Å². The molecular weight excluding hydrogens is 300 g/mol.